The number of carbonyl (C=O) groups excluding carboxylic acids is 1. The molecule has 1 aliphatic heterocycles. The van der Waals surface area contributed by atoms with Gasteiger partial charge < -0.3 is 14.6 Å². The van der Waals surface area contributed by atoms with E-state index in [4.69, 9.17) is 0 Å². The number of nitrogens with zero attached hydrogens (tertiary/aromatic N) is 4. The van der Waals surface area contributed by atoms with Crippen LogP contribution in [0, 0.1) is 0 Å². The Balaban J connectivity index is 1.71. The summed E-state index contributed by atoms with van der Waals surface area (Å²) in [6.07, 6.45) is 6.08. The van der Waals surface area contributed by atoms with Crippen LogP contribution in [0.5, 0.6) is 5.88 Å². The van der Waals surface area contributed by atoms with E-state index in [-0.39, 0.29) is 11.8 Å². The van der Waals surface area contributed by atoms with Crippen LogP contribution in [0.15, 0.2) is 34.5 Å². The Bertz CT molecular complexity index is 775. The first-order chi connectivity index (χ1) is 12.7. The molecule has 140 valence electrons. The molecule has 3 rings (SSSR count). The van der Waals surface area contributed by atoms with Crippen LogP contribution in [-0.2, 0) is 11.3 Å². The summed E-state index contributed by atoms with van der Waals surface area (Å²) in [6.45, 7) is 5.71. The van der Waals surface area contributed by atoms with E-state index in [1.54, 1.807) is 0 Å². The SMILES string of the molecule is CCCCn1c(O)c(N=NC(=O)CCN2CCCCC2)c2ccccc21. The van der Waals surface area contributed by atoms with Gasteiger partial charge in [0.1, 0.15) is 0 Å². The predicted octanol–water partition coefficient (Wildman–Crippen LogP) is 4.63. The maximum absolute atomic E-state index is 12.1. The third kappa shape index (κ3) is 4.30. The fourth-order valence-corrected chi connectivity index (χ4v) is 3.51. The minimum absolute atomic E-state index is 0.0900. The van der Waals surface area contributed by atoms with E-state index in [1.807, 2.05) is 28.8 Å². The van der Waals surface area contributed by atoms with Crippen LogP contribution in [0.4, 0.5) is 5.69 Å². The van der Waals surface area contributed by atoms with Gasteiger partial charge in [0, 0.05) is 24.9 Å². The number of fused-ring (bicyclic) bond motifs is 1. The van der Waals surface area contributed by atoms with E-state index in [1.165, 1.54) is 19.3 Å². The van der Waals surface area contributed by atoms with Gasteiger partial charge in [-0.05, 0) is 38.4 Å². The number of rotatable bonds is 7. The van der Waals surface area contributed by atoms with Gasteiger partial charge in [-0.25, -0.2) is 0 Å². The van der Waals surface area contributed by atoms with Gasteiger partial charge in [-0.2, -0.15) is 0 Å². The van der Waals surface area contributed by atoms with Gasteiger partial charge in [0.15, 0.2) is 5.69 Å². The maximum atomic E-state index is 12.1. The molecule has 0 spiro atoms. The summed E-state index contributed by atoms with van der Waals surface area (Å²) < 4.78 is 1.85. The molecule has 0 saturated carbocycles. The fraction of sp³-hybridized carbons (Fsp3) is 0.550. The molecule has 1 amide bonds. The number of aromatic nitrogens is 1. The number of carbonyl (C=O) groups is 1. The molecule has 1 aromatic heterocycles. The molecule has 1 N–H and O–H groups in total. The minimum Gasteiger partial charge on any atom is -0.493 e. The van der Waals surface area contributed by atoms with E-state index in [9.17, 15) is 9.90 Å². The van der Waals surface area contributed by atoms with E-state index in [2.05, 4.69) is 22.1 Å². The average Bonchev–Trinajstić information content (AvgIpc) is 2.95. The standard InChI is InChI=1S/C20H28N4O2/c1-2-3-14-24-17-10-6-5-9-16(17)19(20(24)26)22-21-18(25)11-15-23-12-7-4-8-13-23/h5-6,9-10,26H,2-4,7-8,11-15H2,1H3. The van der Waals surface area contributed by atoms with Gasteiger partial charge in [-0.1, -0.05) is 38.0 Å². The van der Waals surface area contributed by atoms with Gasteiger partial charge in [0.2, 0.25) is 5.88 Å². The van der Waals surface area contributed by atoms with Crippen molar-refractivity contribution in [1.29, 1.82) is 0 Å². The second-order valence-electron chi connectivity index (χ2n) is 6.94. The van der Waals surface area contributed by atoms with E-state index < -0.39 is 0 Å². The van der Waals surface area contributed by atoms with Crippen molar-refractivity contribution in [1.82, 2.24) is 9.47 Å². The molecule has 26 heavy (non-hydrogen) atoms. The molecule has 0 unspecified atom stereocenters. The summed E-state index contributed by atoms with van der Waals surface area (Å²) in [7, 11) is 0. The molecular formula is C20H28N4O2. The topological polar surface area (TPSA) is 70.2 Å². The lowest BCUT2D eigenvalue weighted by Gasteiger charge is -2.25. The summed E-state index contributed by atoms with van der Waals surface area (Å²) in [6, 6.07) is 7.71. The van der Waals surface area contributed by atoms with E-state index in [0.717, 1.165) is 49.9 Å². The van der Waals surface area contributed by atoms with Crippen molar-refractivity contribution >= 4 is 22.5 Å². The Kier molecular flexibility index (Phi) is 6.39. The van der Waals surface area contributed by atoms with Crippen molar-refractivity contribution < 1.29 is 9.90 Å². The second-order valence-corrected chi connectivity index (χ2v) is 6.94. The van der Waals surface area contributed by atoms with Crippen molar-refractivity contribution in [3.8, 4) is 5.88 Å². The summed E-state index contributed by atoms with van der Waals surface area (Å²) >= 11 is 0. The van der Waals surface area contributed by atoms with Crippen molar-refractivity contribution in [3.05, 3.63) is 24.3 Å². The lowest BCUT2D eigenvalue weighted by Crippen LogP contribution is -2.31. The molecular weight excluding hydrogens is 328 g/mol. The van der Waals surface area contributed by atoms with Crippen molar-refractivity contribution in [2.24, 2.45) is 10.2 Å². The number of aromatic hydroxyl groups is 1. The molecule has 1 saturated heterocycles. The van der Waals surface area contributed by atoms with E-state index >= 15 is 0 Å². The lowest BCUT2D eigenvalue weighted by atomic mass is 10.1. The van der Waals surface area contributed by atoms with Crippen molar-refractivity contribution in [3.63, 3.8) is 0 Å². The highest BCUT2D eigenvalue weighted by atomic mass is 16.3. The third-order valence-electron chi connectivity index (χ3n) is 5.00. The Morgan fingerprint density at radius 1 is 1.15 bits per heavy atom. The normalized spacial score (nSPS) is 15.9. The molecule has 2 heterocycles. The number of unbranched alkanes of at least 4 members (excludes halogenated alkanes) is 1. The third-order valence-corrected chi connectivity index (χ3v) is 5.00. The highest BCUT2D eigenvalue weighted by Gasteiger charge is 2.16. The fourth-order valence-electron chi connectivity index (χ4n) is 3.51. The number of para-hydroxylation sites is 1. The summed E-state index contributed by atoms with van der Waals surface area (Å²) in [4.78, 5) is 14.4. The zero-order valence-corrected chi connectivity index (χ0v) is 15.5. The first-order valence-corrected chi connectivity index (χ1v) is 9.68. The Morgan fingerprint density at radius 2 is 1.92 bits per heavy atom. The molecule has 0 bridgehead atoms. The molecule has 6 heteroatoms. The smallest absolute Gasteiger partial charge is 0.266 e. The molecule has 2 aromatic rings. The quantitative estimate of drug-likeness (QED) is 0.735. The molecule has 6 nitrogen and oxygen atoms in total. The zero-order valence-electron chi connectivity index (χ0n) is 15.5. The van der Waals surface area contributed by atoms with Crippen LogP contribution in [0.25, 0.3) is 10.9 Å². The van der Waals surface area contributed by atoms with Crippen LogP contribution in [0.1, 0.15) is 45.4 Å². The first kappa shape index (κ1) is 18.6. The Hall–Kier alpha value is -2.21. The van der Waals surface area contributed by atoms with Crippen molar-refractivity contribution in [2.45, 2.75) is 52.0 Å². The number of hydrogen-bond acceptors (Lipinski definition) is 4. The average molecular weight is 356 g/mol. The zero-order chi connectivity index (χ0) is 18.4. The minimum atomic E-state index is -0.236. The van der Waals surface area contributed by atoms with Gasteiger partial charge in [-0.15, -0.1) is 10.2 Å². The lowest BCUT2D eigenvalue weighted by molar-refractivity contribution is -0.118. The number of amides is 1. The van der Waals surface area contributed by atoms with Crippen LogP contribution in [0.3, 0.4) is 0 Å². The predicted molar refractivity (Wildman–Crippen MR) is 103 cm³/mol. The monoisotopic (exact) mass is 356 g/mol. The summed E-state index contributed by atoms with van der Waals surface area (Å²) in [5.41, 5.74) is 1.32. The summed E-state index contributed by atoms with van der Waals surface area (Å²) in [5, 5.41) is 19.4. The van der Waals surface area contributed by atoms with Gasteiger partial charge in [-0.3, -0.25) is 4.79 Å². The highest BCUT2D eigenvalue weighted by molar-refractivity contribution is 5.95. The van der Waals surface area contributed by atoms with Crippen molar-refractivity contribution in [2.75, 3.05) is 19.6 Å². The summed E-state index contributed by atoms with van der Waals surface area (Å²) in [5.74, 6) is -0.146. The van der Waals surface area contributed by atoms with Crippen LogP contribution < -0.4 is 0 Å². The van der Waals surface area contributed by atoms with Crippen LogP contribution in [-0.4, -0.2) is 40.1 Å². The Labute approximate surface area is 154 Å². The number of azo groups is 1. The second kappa shape index (κ2) is 8.94. The number of piperidine rings is 1. The van der Waals surface area contributed by atoms with Crippen LogP contribution >= 0.6 is 0 Å². The number of benzene rings is 1. The molecule has 1 fully saturated rings. The molecule has 0 radical (unpaired) electrons. The van der Waals surface area contributed by atoms with Gasteiger partial charge in [0.05, 0.1) is 5.52 Å². The van der Waals surface area contributed by atoms with E-state index in [0.29, 0.717) is 12.1 Å². The largest absolute Gasteiger partial charge is 0.493 e. The first-order valence-electron chi connectivity index (χ1n) is 9.68. The van der Waals surface area contributed by atoms with Crippen LogP contribution in [0.2, 0.25) is 0 Å². The molecule has 0 atom stereocenters. The van der Waals surface area contributed by atoms with Gasteiger partial charge >= 0.3 is 0 Å². The molecule has 1 aromatic carbocycles. The molecule has 1 aliphatic rings. The molecule has 0 aliphatic carbocycles. The maximum Gasteiger partial charge on any atom is 0.266 e. The Morgan fingerprint density at radius 3 is 2.69 bits per heavy atom. The van der Waals surface area contributed by atoms with Gasteiger partial charge in [0.25, 0.3) is 5.91 Å². The number of hydrogen-bond donors (Lipinski definition) is 1. The number of aryl methyl sites for hydroxylation is 1. The highest BCUT2D eigenvalue weighted by Crippen LogP contribution is 2.39. The number of likely N-dealkylation sites (tertiary alicyclic amines) is 1.